The van der Waals surface area contributed by atoms with Crippen molar-refractivity contribution < 1.29 is 9.53 Å². The SMILES string of the molecule is C=CC(=O)N(Cc1ccc(OC(C)C)cc1)c1cnnn1C. The van der Waals surface area contributed by atoms with Crippen molar-refractivity contribution in [3.8, 4) is 5.75 Å². The number of rotatable bonds is 6. The lowest BCUT2D eigenvalue weighted by molar-refractivity contribution is -0.114. The number of aromatic nitrogens is 3. The van der Waals surface area contributed by atoms with Crippen molar-refractivity contribution in [1.82, 2.24) is 15.0 Å². The molecule has 2 rings (SSSR count). The molecule has 0 aliphatic heterocycles. The van der Waals surface area contributed by atoms with Gasteiger partial charge in [-0.2, -0.15) is 0 Å². The molecule has 6 nitrogen and oxygen atoms in total. The highest BCUT2D eigenvalue weighted by atomic mass is 16.5. The van der Waals surface area contributed by atoms with Crippen molar-refractivity contribution in [3.63, 3.8) is 0 Å². The second-order valence-electron chi connectivity index (χ2n) is 5.15. The normalized spacial score (nSPS) is 10.5. The zero-order chi connectivity index (χ0) is 16.1. The monoisotopic (exact) mass is 300 g/mol. The number of amides is 1. The maximum absolute atomic E-state index is 12.1. The van der Waals surface area contributed by atoms with Gasteiger partial charge in [0.05, 0.1) is 18.8 Å². The van der Waals surface area contributed by atoms with Crippen molar-refractivity contribution in [2.45, 2.75) is 26.5 Å². The average molecular weight is 300 g/mol. The van der Waals surface area contributed by atoms with Crippen LogP contribution in [0.3, 0.4) is 0 Å². The first-order chi connectivity index (χ1) is 10.5. The molecule has 116 valence electrons. The Labute approximate surface area is 130 Å². The third-order valence-electron chi connectivity index (χ3n) is 3.04. The van der Waals surface area contributed by atoms with Crippen LogP contribution in [-0.4, -0.2) is 27.0 Å². The molecular formula is C16H20N4O2. The molecule has 0 unspecified atom stereocenters. The van der Waals surface area contributed by atoms with E-state index in [9.17, 15) is 4.79 Å². The summed E-state index contributed by atoms with van der Waals surface area (Å²) in [6.45, 7) is 7.92. The Morgan fingerprint density at radius 2 is 2.09 bits per heavy atom. The molecule has 6 heteroatoms. The van der Waals surface area contributed by atoms with Gasteiger partial charge in [0.1, 0.15) is 5.75 Å². The Morgan fingerprint density at radius 1 is 1.41 bits per heavy atom. The summed E-state index contributed by atoms with van der Waals surface area (Å²) in [4.78, 5) is 13.7. The van der Waals surface area contributed by atoms with Crippen LogP contribution in [0.5, 0.6) is 5.75 Å². The summed E-state index contributed by atoms with van der Waals surface area (Å²) in [7, 11) is 1.74. The fraction of sp³-hybridized carbons (Fsp3) is 0.312. The largest absolute Gasteiger partial charge is 0.491 e. The molecule has 1 heterocycles. The first-order valence-electron chi connectivity index (χ1n) is 7.05. The van der Waals surface area contributed by atoms with Crippen molar-refractivity contribution in [1.29, 1.82) is 0 Å². The number of aryl methyl sites for hydroxylation is 1. The summed E-state index contributed by atoms with van der Waals surface area (Å²) in [6, 6.07) is 7.66. The molecule has 2 aromatic rings. The summed E-state index contributed by atoms with van der Waals surface area (Å²) < 4.78 is 7.17. The number of benzene rings is 1. The predicted octanol–water partition coefficient (Wildman–Crippen LogP) is 2.32. The second kappa shape index (κ2) is 6.89. The molecule has 0 N–H and O–H groups in total. The smallest absolute Gasteiger partial charge is 0.251 e. The van der Waals surface area contributed by atoms with Gasteiger partial charge in [0.25, 0.3) is 5.91 Å². The van der Waals surface area contributed by atoms with Crippen LogP contribution in [0.15, 0.2) is 43.1 Å². The minimum Gasteiger partial charge on any atom is -0.491 e. The summed E-state index contributed by atoms with van der Waals surface area (Å²) in [5.41, 5.74) is 0.979. The fourth-order valence-electron chi connectivity index (χ4n) is 2.04. The highest BCUT2D eigenvalue weighted by molar-refractivity contribution is 6.00. The highest BCUT2D eigenvalue weighted by Crippen LogP contribution is 2.18. The molecule has 0 saturated carbocycles. The zero-order valence-electron chi connectivity index (χ0n) is 13.1. The topological polar surface area (TPSA) is 60.3 Å². The molecule has 0 atom stereocenters. The molecular weight excluding hydrogens is 280 g/mol. The van der Waals surface area contributed by atoms with Crippen molar-refractivity contribution >= 4 is 11.7 Å². The van der Waals surface area contributed by atoms with Crippen LogP contribution in [0, 0.1) is 0 Å². The number of carbonyl (C=O) groups is 1. The van der Waals surface area contributed by atoms with Gasteiger partial charge in [0.15, 0.2) is 5.82 Å². The fourth-order valence-corrected chi connectivity index (χ4v) is 2.04. The van der Waals surface area contributed by atoms with E-state index in [4.69, 9.17) is 4.74 Å². The summed E-state index contributed by atoms with van der Waals surface area (Å²) >= 11 is 0. The number of anilines is 1. The molecule has 0 radical (unpaired) electrons. The minimum absolute atomic E-state index is 0.130. The van der Waals surface area contributed by atoms with Crippen LogP contribution in [0.1, 0.15) is 19.4 Å². The van der Waals surface area contributed by atoms with Gasteiger partial charge in [-0.25, -0.2) is 4.68 Å². The minimum atomic E-state index is -0.201. The zero-order valence-corrected chi connectivity index (χ0v) is 13.1. The van der Waals surface area contributed by atoms with Gasteiger partial charge in [-0.1, -0.05) is 23.9 Å². The molecule has 0 fully saturated rings. The number of hydrogen-bond donors (Lipinski definition) is 0. The molecule has 0 bridgehead atoms. The van der Waals surface area contributed by atoms with Crippen LogP contribution in [0.4, 0.5) is 5.82 Å². The van der Waals surface area contributed by atoms with E-state index in [-0.39, 0.29) is 12.0 Å². The van der Waals surface area contributed by atoms with Crippen LogP contribution in [0.25, 0.3) is 0 Å². The molecule has 1 amide bonds. The van der Waals surface area contributed by atoms with Gasteiger partial charge < -0.3 is 4.74 Å². The average Bonchev–Trinajstić information content (AvgIpc) is 2.91. The Bertz CT molecular complexity index is 646. The lowest BCUT2D eigenvalue weighted by Gasteiger charge is -2.20. The van der Waals surface area contributed by atoms with E-state index in [0.717, 1.165) is 11.3 Å². The lowest BCUT2D eigenvalue weighted by atomic mass is 10.2. The van der Waals surface area contributed by atoms with Crippen molar-refractivity contribution in [3.05, 3.63) is 48.7 Å². The summed E-state index contributed by atoms with van der Waals surface area (Å²) in [5.74, 6) is 1.22. The van der Waals surface area contributed by atoms with E-state index in [2.05, 4.69) is 16.9 Å². The number of ether oxygens (including phenoxy) is 1. The maximum atomic E-state index is 12.1. The summed E-state index contributed by atoms with van der Waals surface area (Å²) in [6.07, 6.45) is 2.96. The standard InChI is InChI=1S/C16H20N4O2/c1-5-16(21)20(15-10-17-18-19(15)4)11-13-6-8-14(9-7-13)22-12(2)3/h5-10,12H,1,11H2,2-4H3. The quantitative estimate of drug-likeness (QED) is 0.768. The molecule has 0 saturated heterocycles. The van der Waals surface area contributed by atoms with E-state index in [1.165, 1.54) is 6.08 Å². The van der Waals surface area contributed by atoms with Gasteiger partial charge in [-0.05, 0) is 37.6 Å². The van der Waals surface area contributed by atoms with Gasteiger partial charge in [0.2, 0.25) is 0 Å². The Kier molecular flexibility index (Phi) is 4.93. The van der Waals surface area contributed by atoms with Crippen LogP contribution >= 0.6 is 0 Å². The van der Waals surface area contributed by atoms with E-state index in [1.807, 2.05) is 38.1 Å². The number of carbonyl (C=O) groups excluding carboxylic acids is 1. The third kappa shape index (κ3) is 3.72. The van der Waals surface area contributed by atoms with E-state index in [0.29, 0.717) is 12.4 Å². The number of hydrogen-bond acceptors (Lipinski definition) is 4. The first kappa shape index (κ1) is 15.8. The first-order valence-corrected chi connectivity index (χ1v) is 7.05. The van der Waals surface area contributed by atoms with Crippen molar-refractivity contribution in [2.75, 3.05) is 4.90 Å². The highest BCUT2D eigenvalue weighted by Gasteiger charge is 2.17. The Morgan fingerprint density at radius 3 is 2.59 bits per heavy atom. The third-order valence-corrected chi connectivity index (χ3v) is 3.04. The Hall–Kier alpha value is -2.63. The van der Waals surface area contributed by atoms with Gasteiger partial charge in [-0.3, -0.25) is 9.69 Å². The molecule has 0 spiro atoms. The molecule has 22 heavy (non-hydrogen) atoms. The Balaban J connectivity index is 2.19. The van der Waals surface area contributed by atoms with Crippen LogP contribution in [-0.2, 0) is 18.4 Å². The van der Waals surface area contributed by atoms with Crippen molar-refractivity contribution in [2.24, 2.45) is 7.05 Å². The van der Waals surface area contributed by atoms with Gasteiger partial charge >= 0.3 is 0 Å². The molecule has 0 aliphatic carbocycles. The maximum Gasteiger partial charge on any atom is 0.251 e. The lowest BCUT2D eigenvalue weighted by Crippen LogP contribution is -2.30. The molecule has 1 aromatic heterocycles. The predicted molar refractivity (Wildman–Crippen MR) is 84.6 cm³/mol. The molecule has 0 aliphatic rings. The number of nitrogens with zero attached hydrogens (tertiary/aromatic N) is 4. The van der Waals surface area contributed by atoms with E-state index >= 15 is 0 Å². The van der Waals surface area contributed by atoms with E-state index in [1.54, 1.807) is 22.8 Å². The van der Waals surface area contributed by atoms with Crippen LogP contribution in [0.2, 0.25) is 0 Å². The second-order valence-corrected chi connectivity index (χ2v) is 5.15. The van der Waals surface area contributed by atoms with Crippen LogP contribution < -0.4 is 9.64 Å². The molecule has 1 aromatic carbocycles. The van der Waals surface area contributed by atoms with Gasteiger partial charge in [0, 0.05) is 7.05 Å². The summed E-state index contributed by atoms with van der Waals surface area (Å²) in [5, 5.41) is 7.67. The van der Waals surface area contributed by atoms with Gasteiger partial charge in [-0.15, -0.1) is 5.10 Å². The van der Waals surface area contributed by atoms with E-state index < -0.39 is 0 Å².